The molecule has 0 aromatic heterocycles. The lowest BCUT2D eigenvalue weighted by Gasteiger charge is -2.07. The van der Waals surface area contributed by atoms with E-state index in [9.17, 15) is 14.9 Å². The number of nitro benzene ring substituents is 1. The van der Waals surface area contributed by atoms with E-state index in [1.54, 1.807) is 19.1 Å². The Bertz CT molecular complexity index is 784. The van der Waals surface area contributed by atoms with Crippen LogP contribution in [-0.2, 0) is 4.79 Å². The van der Waals surface area contributed by atoms with E-state index in [0.717, 1.165) is 5.56 Å². The SMILES string of the molecule is CCOc1ccccc1/C=C/C(=O)Nc1cccc([N+](=O)[O-])c1C. The van der Waals surface area contributed by atoms with E-state index in [-0.39, 0.29) is 11.6 Å². The second-order valence-corrected chi connectivity index (χ2v) is 5.00. The Labute approximate surface area is 139 Å². The summed E-state index contributed by atoms with van der Waals surface area (Å²) in [5, 5.41) is 13.6. The second-order valence-electron chi connectivity index (χ2n) is 5.00. The first-order valence-electron chi connectivity index (χ1n) is 7.47. The topological polar surface area (TPSA) is 81.5 Å². The third-order valence-corrected chi connectivity index (χ3v) is 3.39. The number of hydrogen-bond acceptors (Lipinski definition) is 4. The zero-order chi connectivity index (χ0) is 17.5. The standard InChI is InChI=1S/C18H18N2O4/c1-3-24-17-10-5-4-7-14(17)11-12-18(21)19-15-8-6-9-16(13(15)2)20(22)23/h4-12H,3H2,1-2H3,(H,19,21)/b12-11+. The van der Waals surface area contributed by atoms with Crippen LogP contribution in [0, 0.1) is 17.0 Å². The fraction of sp³-hybridized carbons (Fsp3) is 0.167. The number of carbonyl (C=O) groups excluding carboxylic acids is 1. The van der Waals surface area contributed by atoms with Crippen LogP contribution in [0.5, 0.6) is 5.75 Å². The molecule has 1 amide bonds. The van der Waals surface area contributed by atoms with Crippen molar-refractivity contribution in [2.45, 2.75) is 13.8 Å². The molecule has 0 aliphatic rings. The van der Waals surface area contributed by atoms with Crippen LogP contribution in [-0.4, -0.2) is 17.4 Å². The Morgan fingerprint density at radius 3 is 2.71 bits per heavy atom. The van der Waals surface area contributed by atoms with Crippen LogP contribution in [0.25, 0.3) is 6.08 Å². The van der Waals surface area contributed by atoms with E-state index in [1.807, 2.05) is 31.2 Å². The number of amides is 1. The minimum atomic E-state index is -0.473. The normalized spacial score (nSPS) is 10.6. The predicted molar refractivity (Wildman–Crippen MR) is 93.1 cm³/mol. The zero-order valence-corrected chi connectivity index (χ0v) is 13.5. The van der Waals surface area contributed by atoms with Gasteiger partial charge in [0.15, 0.2) is 0 Å². The van der Waals surface area contributed by atoms with Crippen LogP contribution >= 0.6 is 0 Å². The second kappa shape index (κ2) is 7.92. The van der Waals surface area contributed by atoms with Gasteiger partial charge < -0.3 is 10.1 Å². The number of nitrogens with zero attached hydrogens (tertiary/aromatic N) is 1. The lowest BCUT2D eigenvalue weighted by Crippen LogP contribution is -2.09. The van der Waals surface area contributed by atoms with Gasteiger partial charge in [0.1, 0.15) is 5.75 Å². The fourth-order valence-electron chi connectivity index (χ4n) is 2.20. The minimum absolute atomic E-state index is 0.0292. The third-order valence-electron chi connectivity index (χ3n) is 3.39. The van der Waals surface area contributed by atoms with Crippen molar-refractivity contribution in [1.82, 2.24) is 0 Å². The van der Waals surface area contributed by atoms with Crippen molar-refractivity contribution in [1.29, 1.82) is 0 Å². The van der Waals surface area contributed by atoms with Crippen molar-refractivity contribution < 1.29 is 14.5 Å². The Kier molecular flexibility index (Phi) is 5.68. The molecule has 6 heteroatoms. The average Bonchev–Trinajstić information content (AvgIpc) is 2.56. The summed E-state index contributed by atoms with van der Waals surface area (Å²) in [6.45, 7) is 4.02. The first kappa shape index (κ1) is 17.2. The molecule has 2 rings (SSSR count). The summed E-state index contributed by atoms with van der Waals surface area (Å²) in [7, 11) is 0. The van der Waals surface area contributed by atoms with Crippen molar-refractivity contribution in [2.75, 3.05) is 11.9 Å². The highest BCUT2D eigenvalue weighted by Crippen LogP contribution is 2.25. The van der Waals surface area contributed by atoms with Crippen molar-refractivity contribution in [3.05, 3.63) is 69.8 Å². The lowest BCUT2D eigenvalue weighted by atomic mass is 10.1. The summed E-state index contributed by atoms with van der Waals surface area (Å²) in [4.78, 5) is 22.5. The number of para-hydroxylation sites is 1. The maximum atomic E-state index is 12.1. The molecule has 2 aromatic rings. The Morgan fingerprint density at radius 1 is 1.25 bits per heavy atom. The van der Waals surface area contributed by atoms with Gasteiger partial charge in [0, 0.05) is 17.7 Å². The third kappa shape index (κ3) is 4.19. The molecule has 0 aliphatic carbocycles. The molecule has 0 spiro atoms. The smallest absolute Gasteiger partial charge is 0.274 e. The molecule has 0 saturated carbocycles. The number of benzene rings is 2. The Balaban J connectivity index is 2.14. The molecular weight excluding hydrogens is 308 g/mol. The summed E-state index contributed by atoms with van der Waals surface area (Å²) >= 11 is 0. The maximum absolute atomic E-state index is 12.1. The van der Waals surface area contributed by atoms with E-state index in [4.69, 9.17) is 4.74 Å². The van der Waals surface area contributed by atoms with Gasteiger partial charge in [-0.2, -0.15) is 0 Å². The van der Waals surface area contributed by atoms with Gasteiger partial charge in [0.25, 0.3) is 5.69 Å². The fourth-order valence-corrected chi connectivity index (χ4v) is 2.20. The molecule has 0 unspecified atom stereocenters. The van der Waals surface area contributed by atoms with Gasteiger partial charge >= 0.3 is 0 Å². The molecule has 2 aromatic carbocycles. The van der Waals surface area contributed by atoms with E-state index in [1.165, 1.54) is 18.2 Å². The predicted octanol–water partition coefficient (Wildman–Crippen LogP) is 3.95. The summed E-state index contributed by atoms with van der Waals surface area (Å²) in [5.41, 5.74) is 1.58. The molecule has 0 bridgehead atoms. The number of anilines is 1. The van der Waals surface area contributed by atoms with Crippen molar-refractivity contribution in [2.24, 2.45) is 0 Å². The zero-order valence-electron chi connectivity index (χ0n) is 13.5. The van der Waals surface area contributed by atoms with Crippen LogP contribution in [0.1, 0.15) is 18.1 Å². The molecule has 0 heterocycles. The van der Waals surface area contributed by atoms with Gasteiger partial charge in [0.2, 0.25) is 5.91 Å². The first-order valence-corrected chi connectivity index (χ1v) is 7.47. The molecule has 124 valence electrons. The van der Waals surface area contributed by atoms with Gasteiger partial charge in [0.05, 0.1) is 22.8 Å². The van der Waals surface area contributed by atoms with Crippen molar-refractivity contribution in [3.8, 4) is 5.75 Å². The van der Waals surface area contributed by atoms with Gasteiger partial charge in [-0.15, -0.1) is 0 Å². The highest BCUT2D eigenvalue weighted by Gasteiger charge is 2.13. The highest BCUT2D eigenvalue weighted by molar-refractivity contribution is 6.02. The quantitative estimate of drug-likeness (QED) is 0.495. The van der Waals surface area contributed by atoms with Crippen molar-refractivity contribution >= 4 is 23.4 Å². The molecule has 0 saturated heterocycles. The number of nitrogens with one attached hydrogen (secondary N) is 1. The average molecular weight is 326 g/mol. The maximum Gasteiger partial charge on any atom is 0.274 e. The molecule has 1 N–H and O–H groups in total. The number of rotatable bonds is 6. The van der Waals surface area contributed by atoms with Crippen LogP contribution < -0.4 is 10.1 Å². The molecule has 24 heavy (non-hydrogen) atoms. The minimum Gasteiger partial charge on any atom is -0.493 e. The van der Waals surface area contributed by atoms with Gasteiger partial charge in [-0.3, -0.25) is 14.9 Å². The molecule has 0 fully saturated rings. The van der Waals surface area contributed by atoms with Crippen molar-refractivity contribution in [3.63, 3.8) is 0 Å². The van der Waals surface area contributed by atoms with E-state index in [0.29, 0.717) is 23.6 Å². The molecule has 0 aliphatic heterocycles. The number of hydrogen-bond donors (Lipinski definition) is 1. The van der Waals surface area contributed by atoms with Gasteiger partial charge in [-0.25, -0.2) is 0 Å². The van der Waals surface area contributed by atoms with Crippen LogP contribution in [0.4, 0.5) is 11.4 Å². The molecule has 0 atom stereocenters. The first-order chi connectivity index (χ1) is 11.5. The van der Waals surface area contributed by atoms with Crippen LogP contribution in [0.2, 0.25) is 0 Å². The summed E-state index contributed by atoms with van der Waals surface area (Å²) < 4.78 is 5.49. The molecular formula is C18H18N2O4. The number of carbonyl (C=O) groups is 1. The van der Waals surface area contributed by atoms with Gasteiger partial charge in [-0.05, 0) is 32.1 Å². The van der Waals surface area contributed by atoms with E-state index in [2.05, 4.69) is 5.32 Å². The summed E-state index contributed by atoms with van der Waals surface area (Å²) in [6, 6.07) is 11.9. The largest absolute Gasteiger partial charge is 0.493 e. The number of ether oxygens (including phenoxy) is 1. The van der Waals surface area contributed by atoms with E-state index >= 15 is 0 Å². The Morgan fingerprint density at radius 2 is 2.00 bits per heavy atom. The molecule has 6 nitrogen and oxygen atoms in total. The summed E-state index contributed by atoms with van der Waals surface area (Å²) in [5.74, 6) is 0.320. The van der Waals surface area contributed by atoms with Crippen LogP contribution in [0.15, 0.2) is 48.5 Å². The molecule has 0 radical (unpaired) electrons. The highest BCUT2D eigenvalue weighted by atomic mass is 16.6. The number of nitro groups is 1. The summed E-state index contributed by atoms with van der Waals surface area (Å²) in [6.07, 6.45) is 3.02. The Hall–Kier alpha value is -3.15. The van der Waals surface area contributed by atoms with Crippen LogP contribution in [0.3, 0.4) is 0 Å². The van der Waals surface area contributed by atoms with Gasteiger partial charge in [-0.1, -0.05) is 24.3 Å². The monoisotopic (exact) mass is 326 g/mol. The lowest BCUT2D eigenvalue weighted by molar-refractivity contribution is -0.385. The van der Waals surface area contributed by atoms with E-state index < -0.39 is 4.92 Å².